The molecule has 0 aromatic rings. The van der Waals surface area contributed by atoms with Crippen molar-refractivity contribution >= 4 is 17.9 Å². The Morgan fingerprint density at radius 3 is 1.66 bits per heavy atom. The van der Waals surface area contributed by atoms with Crippen molar-refractivity contribution < 1.29 is 38.0 Å². The molecule has 1 rings (SSSR count). The second-order valence-electron chi connectivity index (χ2n) is 14.5. The summed E-state index contributed by atoms with van der Waals surface area (Å²) in [5.41, 5.74) is 16.6. The molecule has 0 fully saturated rings. The second-order valence-corrected chi connectivity index (χ2v) is 14.5. The summed E-state index contributed by atoms with van der Waals surface area (Å²) in [5.74, 6) is 0.128. The number of ether oxygens (including phenoxy) is 6. The highest BCUT2D eigenvalue weighted by atomic mass is 16.5. The number of carbonyl (C=O) groups is 2. The summed E-state index contributed by atoms with van der Waals surface area (Å²) in [7, 11) is 0. The maximum Gasteiger partial charge on any atom is 0.306 e. The molecule has 1 aliphatic heterocycles. The molecule has 348 valence electrons. The Bertz CT molecular complexity index is 1410. The van der Waals surface area contributed by atoms with E-state index in [4.69, 9.17) is 45.6 Å². The highest BCUT2D eigenvalue weighted by molar-refractivity contribution is 5.75. The third-order valence-electron chi connectivity index (χ3n) is 8.96. The monoisotopic (exact) mass is 866 g/mol. The number of nitrogens with two attached hydrogens (primary N) is 3. The Kier molecular flexibility index (Phi) is 38.4. The first-order valence-electron chi connectivity index (χ1n) is 22.5. The van der Waals surface area contributed by atoms with Gasteiger partial charge in [0.1, 0.15) is 13.2 Å². The predicted octanol–water partition coefficient (Wildman–Crippen LogP) is 7.87. The summed E-state index contributed by atoms with van der Waals surface area (Å²) in [5, 5.41) is 3.06. The quantitative estimate of drug-likeness (QED) is 0.0578. The number of aliphatic imine (C=N–C) groups is 1. The highest BCUT2D eigenvalue weighted by Gasteiger charge is 2.10. The summed E-state index contributed by atoms with van der Waals surface area (Å²) in [6.45, 7) is 8.70. The lowest BCUT2D eigenvalue weighted by Gasteiger charge is -2.17. The van der Waals surface area contributed by atoms with Gasteiger partial charge in [0.15, 0.2) is 5.96 Å². The molecule has 7 N–H and O–H groups in total. The molecule has 2 atom stereocenters. The topological polar surface area (TPSA) is 192 Å². The van der Waals surface area contributed by atoms with Crippen LogP contribution in [0.2, 0.25) is 0 Å². The predicted molar refractivity (Wildman–Crippen MR) is 252 cm³/mol. The summed E-state index contributed by atoms with van der Waals surface area (Å²) >= 11 is 0. The van der Waals surface area contributed by atoms with Crippen LogP contribution in [0, 0.1) is 0 Å². The maximum atomic E-state index is 12.1. The first kappa shape index (κ1) is 55.3. The van der Waals surface area contributed by atoms with Gasteiger partial charge in [0.25, 0.3) is 0 Å². The van der Waals surface area contributed by atoms with Crippen molar-refractivity contribution in [3.8, 4) is 0 Å². The number of hydrogen-bond donors (Lipinski definition) is 4. The molecule has 2 unspecified atom stereocenters. The van der Waals surface area contributed by atoms with Crippen molar-refractivity contribution in [2.75, 3.05) is 65.9 Å². The average Bonchev–Trinajstić information content (AvgIpc) is 3.24. The Balaban J connectivity index is 2.62. The van der Waals surface area contributed by atoms with Gasteiger partial charge < -0.3 is 50.9 Å². The fourth-order valence-corrected chi connectivity index (χ4v) is 5.60. The van der Waals surface area contributed by atoms with E-state index in [0.29, 0.717) is 84.1 Å². The van der Waals surface area contributed by atoms with Crippen molar-refractivity contribution in [3.63, 3.8) is 0 Å². The van der Waals surface area contributed by atoms with E-state index in [1.54, 1.807) is 0 Å². The van der Waals surface area contributed by atoms with Gasteiger partial charge in [0.2, 0.25) is 0 Å². The fourth-order valence-electron chi connectivity index (χ4n) is 5.60. The van der Waals surface area contributed by atoms with Crippen molar-refractivity contribution in [3.05, 3.63) is 110 Å². The molecule has 1 heterocycles. The Morgan fingerprint density at radius 2 is 1.08 bits per heavy atom. The molecule has 0 saturated carbocycles. The van der Waals surface area contributed by atoms with Crippen LogP contribution >= 0.6 is 0 Å². The van der Waals surface area contributed by atoms with Gasteiger partial charge in [0, 0.05) is 39.1 Å². The van der Waals surface area contributed by atoms with E-state index in [9.17, 15) is 9.59 Å². The number of rotatable bonds is 9. The first-order valence-corrected chi connectivity index (χ1v) is 22.5. The summed E-state index contributed by atoms with van der Waals surface area (Å²) in [6.07, 6.45) is 44.4. The number of unbranched alkanes of at least 4 members (excludes halogenated alkanes) is 1. The zero-order valence-corrected chi connectivity index (χ0v) is 37.4. The normalized spacial score (nSPS) is 20.8. The third kappa shape index (κ3) is 40.7. The van der Waals surface area contributed by atoms with Gasteiger partial charge in [-0.3, -0.25) is 14.6 Å². The standard InChI is InChI=1S/C49H79N5O8/c1-44(50)53-34-23-22-30-45-42-57-36-25-15-10-4-12-20-31-47(55)61-40-28-18-8-2-6-14-24-37-58-43-46(33-35-54-49(51)52)60-39-27-16-7-3-9-19-29-41-62-48(56)32-21-13-5-11-17-26-38-59-45/h2-7,12-13,15,17-19,25-26,28-29,45-46,53H,1,8-11,14,16,20-24,27,30-43,50H2,(H4,51,52,54). The van der Waals surface area contributed by atoms with Gasteiger partial charge in [-0.25, -0.2) is 0 Å². The lowest BCUT2D eigenvalue weighted by molar-refractivity contribution is -0.143. The van der Waals surface area contributed by atoms with Crippen molar-refractivity contribution in [2.24, 2.45) is 22.2 Å². The van der Waals surface area contributed by atoms with Gasteiger partial charge in [-0.05, 0) is 89.9 Å². The molecule has 0 aromatic carbocycles. The second kappa shape index (κ2) is 43.0. The minimum Gasteiger partial charge on any atom is -0.461 e. The summed E-state index contributed by atoms with van der Waals surface area (Å²) in [4.78, 5) is 28.3. The van der Waals surface area contributed by atoms with Crippen molar-refractivity contribution in [1.82, 2.24) is 5.32 Å². The fraction of sp³-hybridized carbons (Fsp3) is 0.571. The lowest BCUT2D eigenvalue weighted by Crippen LogP contribution is -2.25. The van der Waals surface area contributed by atoms with E-state index in [0.717, 1.165) is 77.2 Å². The third-order valence-corrected chi connectivity index (χ3v) is 8.96. The van der Waals surface area contributed by atoms with Gasteiger partial charge in [0.05, 0.1) is 44.5 Å². The van der Waals surface area contributed by atoms with E-state index >= 15 is 0 Å². The van der Waals surface area contributed by atoms with E-state index in [1.165, 1.54) is 0 Å². The Morgan fingerprint density at radius 1 is 0.581 bits per heavy atom. The van der Waals surface area contributed by atoms with E-state index in [1.807, 2.05) is 66.8 Å². The maximum absolute atomic E-state index is 12.1. The number of carbonyl (C=O) groups excluding carboxylic acids is 2. The van der Waals surface area contributed by atoms with Crippen LogP contribution in [0.15, 0.2) is 115 Å². The summed E-state index contributed by atoms with van der Waals surface area (Å²) < 4.78 is 34.7. The number of allylic oxidation sites excluding steroid dienone is 12. The highest BCUT2D eigenvalue weighted by Crippen LogP contribution is 2.08. The molecule has 0 spiro atoms. The molecule has 0 aliphatic carbocycles. The van der Waals surface area contributed by atoms with E-state index in [-0.39, 0.29) is 43.3 Å². The molecule has 0 amide bonds. The number of cyclic esters (lactones) is 2. The Hall–Kier alpha value is -4.69. The molecule has 13 nitrogen and oxygen atoms in total. The van der Waals surface area contributed by atoms with Crippen LogP contribution in [0.3, 0.4) is 0 Å². The molecule has 13 heteroatoms. The van der Waals surface area contributed by atoms with Crippen LogP contribution in [0.4, 0.5) is 0 Å². The molecule has 0 bridgehead atoms. The molecular formula is C49H79N5O8. The number of esters is 2. The van der Waals surface area contributed by atoms with Crippen LogP contribution in [-0.2, 0) is 38.0 Å². The number of hydrogen-bond acceptors (Lipinski definition) is 11. The van der Waals surface area contributed by atoms with Crippen molar-refractivity contribution in [1.29, 1.82) is 0 Å². The molecule has 1 aliphatic rings. The zero-order valence-electron chi connectivity index (χ0n) is 37.4. The van der Waals surface area contributed by atoms with Gasteiger partial charge >= 0.3 is 11.9 Å². The van der Waals surface area contributed by atoms with Crippen molar-refractivity contribution in [2.45, 2.75) is 115 Å². The minimum atomic E-state index is -0.211. The van der Waals surface area contributed by atoms with Crippen LogP contribution in [-0.4, -0.2) is 96.1 Å². The molecule has 0 saturated heterocycles. The first-order chi connectivity index (χ1) is 30.4. The number of nitrogens with one attached hydrogen (secondary N) is 1. The molecule has 0 radical (unpaired) electrons. The molecular weight excluding hydrogens is 787 g/mol. The van der Waals surface area contributed by atoms with Gasteiger partial charge in [-0.1, -0.05) is 104 Å². The minimum absolute atomic E-state index is 0.0255. The van der Waals surface area contributed by atoms with Gasteiger partial charge in [-0.15, -0.1) is 0 Å². The average molecular weight is 866 g/mol. The van der Waals surface area contributed by atoms with E-state index in [2.05, 4.69) is 47.3 Å². The van der Waals surface area contributed by atoms with Crippen LogP contribution < -0.4 is 22.5 Å². The van der Waals surface area contributed by atoms with Crippen LogP contribution in [0.25, 0.3) is 0 Å². The molecule has 0 aromatic heterocycles. The van der Waals surface area contributed by atoms with Crippen LogP contribution in [0.5, 0.6) is 0 Å². The lowest BCUT2D eigenvalue weighted by atomic mass is 10.1. The number of nitrogens with zero attached hydrogens (tertiary/aromatic N) is 1. The van der Waals surface area contributed by atoms with Gasteiger partial charge in [-0.2, -0.15) is 0 Å². The SMILES string of the molecule is C=C(N)NCCCCC1COCC=CCC=CCCC(=O)OCC=CCC=CCCCOCC(CCN=C(N)N)OCCCC=CCC=CCOC(=O)CCC=CCC=CCO1. The van der Waals surface area contributed by atoms with E-state index < -0.39 is 0 Å². The number of guanidine groups is 1. The molecule has 62 heavy (non-hydrogen) atoms. The smallest absolute Gasteiger partial charge is 0.306 e. The Labute approximate surface area is 373 Å². The largest absolute Gasteiger partial charge is 0.461 e. The summed E-state index contributed by atoms with van der Waals surface area (Å²) in [6, 6.07) is 0. The zero-order chi connectivity index (χ0) is 44.8. The van der Waals surface area contributed by atoms with Crippen LogP contribution in [0.1, 0.15) is 103 Å².